The fourth-order valence-electron chi connectivity index (χ4n) is 2.53. The minimum absolute atomic E-state index is 0.0344. The molecule has 0 fully saturated rings. The number of aryl methyl sites for hydroxylation is 1. The predicted octanol–water partition coefficient (Wildman–Crippen LogP) is 4.25. The van der Waals surface area contributed by atoms with Crippen LogP contribution in [0.1, 0.15) is 12.5 Å². The van der Waals surface area contributed by atoms with Crippen LogP contribution in [-0.4, -0.2) is 15.6 Å². The van der Waals surface area contributed by atoms with Gasteiger partial charge in [0.1, 0.15) is 5.82 Å². The Balaban J connectivity index is 2.10. The highest BCUT2D eigenvalue weighted by atomic mass is 19.1. The lowest BCUT2D eigenvalue weighted by atomic mass is 10.1. The number of benzene rings is 2. The van der Waals surface area contributed by atoms with Gasteiger partial charge in [-0.1, -0.05) is 30.3 Å². The van der Waals surface area contributed by atoms with Crippen LogP contribution in [0, 0.1) is 12.7 Å². The van der Waals surface area contributed by atoms with Crippen molar-refractivity contribution < 1.29 is 9.18 Å². The minimum atomic E-state index is -0.236. The summed E-state index contributed by atoms with van der Waals surface area (Å²) in [5.74, 6) is -0.202. The molecule has 4 heteroatoms. The maximum atomic E-state index is 13.5. The smallest absolute Gasteiger partial charge is 0.151 e. The molecule has 3 nitrogen and oxygen atoms in total. The molecule has 0 radical (unpaired) electrons. The molecule has 0 saturated carbocycles. The first-order valence-electron chi connectivity index (χ1n) is 7.44. The molecule has 0 N–H and O–H groups in total. The van der Waals surface area contributed by atoms with E-state index in [0.717, 1.165) is 22.5 Å². The highest BCUT2D eigenvalue weighted by Gasteiger charge is 2.13. The average molecular weight is 308 g/mol. The number of halogens is 1. The van der Waals surface area contributed by atoms with E-state index in [0.29, 0.717) is 5.56 Å². The van der Waals surface area contributed by atoms with Gasteiger partial charge in [0.05, 0.1) is 17.9 Å². The van der Waals surface area contributed by atoms with Crippen LogP contribution >= 0.6 is 0 Å². The van der Waals surface area contributed by atoms with Crippen molar-refractivity contribution in [3.63, 3.8) is 0 Å². The Morgan fingerprint density at radius 2 is 1.83 bits per heavy atom. The van der Waals surface area contributed by atoms with Crippen molar-refractivity contribution in [1.82, 2.24) is 9.78 Å². The third-order valence-corrected chi connectivity index (χ3v) is 3.68. The summed E-state index contributed by atoms with van der Waals surface area (Å²) < 4.78 is 15.2. The number of carbonyl (C=O) groups excluding carboxylic acids is 1. The molecule has 0 aliphatic heterocycles. The molecular formula is C19H17FN2O. The summed E-state index contributed by atoms with van der Waals surface area (Å²) in [6.07, 6.45) is 0. The predicted molar refractivity (Wildman–Crippen MR) is 88.5 cm³/mol. The fraction of sp³-hybridized carbons (Fsp3) is 0.158. The molecule has 0 unspecified atom stereocenters. The van der Waals surface area contributed by atoms with Gasteiger partial charge >= 0.3 is 0 Å². The van der Waals surface area contributed by atoms with Crippen LogP contribution in [0.25, 0.3) is 22.5 Å². The van der Waals surface area contributed by atoms with Gasteiger partial charge in [-0.3, -0.25) is 9.48 Å². The van der Waals surface area contributed by atoms with E-state index in [-0.39, 0.29) is 18.1 Å². The summed E-state index contributed by atoms with van der Waals surface area (Å²) in [6, 6.07) is 16.6. The van der Waals surface area contributed by atoms with Gasteiger partial charge in [0, 0.05) is 5.56 Å². The molecule has 2 aromatic carbocycles. The van der Waals surface area contributed by atoms with E-state index in [1.54, 1.807) is 23.7 Å². The third-order valence-electron chi connectivity index (χ3n) is 3.68. The largest absolute Gasteiger partial charge is 0.298 e. The maximum absolute atomic E-state index is 13.5. The Hall–Kier alpha value is -2.75. The van der Waals surface area contributed by atoms with Gasteiger partial charge < -0.3 is 0 Å². The molecule has 0 aliphatic carbocycles. The molecule has 0 amide bonds. The van der Waals surface area contributed by atoms with Crippen molar-refractivity contribution in [2.75, 3.05) is 0 Å². The topological polar surface area (TPSA) is 34.9 Å². The van der Waals surface area contributed by atoms with E-state index in [9.17, 15) is 9.18 Å². The second-order valence-electron chi connectivity index (χ2n) is 5.60. The summed E-state index contributed by atoms with van der Waals surface area (Å²) in [6.45, 7) is 3.48. The molecule has 3 aromatic rings. The molecule has 0 saturated heterocycles. The lowest BCUT2D eigenvalue weighted by Crippen LogP contribution is -2.09. The van der Waals surface area contributed by atoms with Gasteiger partial charge in [0.15, 0.2) is 5.78 Å². The zero-order valence-electron chi connectivity index (χ0n) is 13.1. The van der Waals surface area contributed by atoms with Crippen molar-refractivity contribution in [1.29, 1.82) is 0 Å². The van der Waals surface area contributed by atoms with Gasteiger partial charge in [-0.05, 0) is 49.2 Å². The van der Waals surface area contributed by atoms with Crippen LogP contribution in [0.2, 0.25) is 0 Å². The number of carbonyl (C=O) groups is 1. The quantitative estimate of drug-likeness (QED) is 0.722. The summed E-state index contributed by atoms with van der Waals surface area (Å²) >= 11 is 0. The Labute approximate surface area is 134 Å². The summed E-state index contributed by atoms with van der Waals surface area (Å²) in [7, 11) is 0. The second kappa shape index (κ2) is 6.16. The SMILES string of the molecule is CC(=O)Cn1nc(-c2ccc(F)c(C)c2)cc1-c1ccccc1. The first kappa shape index (κ1) is 15.2. The number of hydrogen-bond acceptors (Lipinski definition) is 2. The molecular weight excluding hydrogens is 291 g/mol. The van der Waals surface area contributed by atoms with E-state index in [2.05, 4.69) is 5.10 Å². The molecule has 0 bridgehead atoms. The molecule has 23 heavy (non-hydrogen) atoms. The van der Waals surface area contributed by atoms with Crippen LogP contribution < -0.4 is 0 Å². The Morgan fingerprint density at radius 1 is 1.09 bits per heavy atom. The number of aromatic nitrogens is 2. The van der Waals surface area contributed by atoms with Gasteiger partial charge in [-0.2, -0.15) is 5.10 Å². The van der Waals surface area contributed by atoms with Crippen LogP contribution in [0.5, 0.6) is 0 Å². The fourth-order valence-corrected chi connectivity index (χ4v) is 2.53. The van der Waals surface area contributed by atoms with Crippen molar-refractivity contribution >= 4 is 5.78 Å². The zero-order chi connectivity index (χ0) is 16.4. The number of rotatable bonds is 4. The molecule has 1 aromatic heterocycles. The van der Waals surface area contributed by atoms with Gasteiger partial charge in [0.2, 0.25) is 0 Å². The van der Waals surface area contributed by atoms with Crippen molar-refractivity contribution in [3.8, 4) is 22.5 Å². The van der Waals surface area contributed by atoms with Crippen LogP contribution in [-0.2, 0) is 11.3 Å². The molecule has 0 spiro atoms. The van der Waals surface area contributed by atoms with Gasteiger partial charge in [-0.25, -0.2) is 4.39 Å². The molecule has 116 valence electrons. The Kier molecular flexibility index (Phi) is 4.06. The monoisotopic (exact) mass is 308 g/mol. The van der Waals surface area contributed by atoms with Crippen LogP contribution in [0.15, 0.2) is 54.6 Å². The second-order valence-corrected chi connectivity index (χ2v) is 5.60. The molecule has 1 heterocycles. The van der Waals surface area contributed by atoms with E-state index in [1.165, 1.54) is 13.0 Å². The lowest BCUT2D eigenvalue weighted by molar-refractivity contribution is -0.117. The number of hydrogen-bond donors (Lipinski definition) is 0. The molecule has 3 rings (SSSR count). The van der Waals surface area contributed by atoms with Gasteiger partial charge in [0.25, 0.3) is 0 Å². The maximum Gasteiger partial charge on any atom is 0.151 e. The highest BCUT2D eigenvalue weighted by molar-refractivity contribution is 5.77. The summed E-state index contributed by atoms with van der Waals surface area (Å²) in [5.41, 5.74) is 4.01. The lowest BCUT2D eigenvalue weighted by Gasteiger charge is -2.04. The number of Topliss-reactive ketones (excluding diaryl/α,β-unsaturated/α-hetero) is 1. The average Bonchev–Trinajstić information content (AvgIpc) is 2.94. The van der Waals surface area contributed by atoms with E-state index in [1.807, 2.05) is 36.4 Å². The van der Waals surface area contributed by atoms with E-state index < -0.39 is 0 Å². The Bertz CT molecular complexity index is 853. The standard InChI is InChI=1S/C19H17FN2O/c1-13-10-16(8-9-17(13)20)18-11-19(15-6-4-3-5-7-15)22(21-18)12-14(2)23/h3-11H,12H2,1-2H3. The summed E-state index contributed by atoms with van der Waals surface area (Å²) in [5, 5.41) is 4.54. The van der Waals surface area contributed by atoms with Crippen molar-refractivity contribution in [3.05, 3.63) is 66.0 Å². The van der Waals surface area contributed by atoms with E-state index >= 15 is 0 Å². The normalized spacial score (nSPS) is 10.7. The number of ketones is 1. The summed E-state index contributed by atoms with van der Waals surface area (Å²) in [4.78, 5) is 11.5. The van der Waals surface area contributed by atoms with Gasteiger partial charge in [-0.15, -0.1) is 0 Å². The first-order chi connectivity index (χ1) is 11.0. The zero-order valence-corrected chi connectivity index (χ0v) is 13.1. The highest BCUT2D eigenvalue weighted by Crippen LogP contribution is 2.27. The Morgan fingerprint density at radius 3 is 2.48 bits per heavy atom. The minimum Gasteiger partial charge on any atom is -0.298 e. The van der Waals surface area contributed by atoms with Crippen molar-refractivity contribution in [2.24, 2.45) is 0 Å². The van der Waals surface area contributed by atoms with Crippen molar-refractivity contribution in [2.45, 2.75) is 20.4 Å². The molecule has 0 atom stereocenters. The van der Waals surface area contributed by atoms with E-state index in [4.69, 9.17) is 0 Å². The van der Waals surface area contributed by atoms with Crippen LogP contribution in [0.4, 0.5) is 4.39 Å². The van der Waals surface area contributed by atoms with Crippen LogP contribution in [0.3, 0.4) is 0 Å². The third kappa shape index (κ3) is 3.21. The first-order valence-corrected chi connectivity index (χ1v) is 7.44. The number of nitrogens with zero attached hydrogens (tertiary/aromatic N) is 2. The molecule has 0 aliphatic rings.